The fourth-order valence-electron chi connectivity index (χ4n) is 5.16. The molecule has 0 radical (unpaired) electrons. The fourth-order valence-corrected chi connectivity index (χ4v) is 6.13. The highest BCUT2D eigenvalue weighted by Gasteiger charge is 2.34. The largest absolute Gasteiger partial charge is 0.508 e. The highest BCUT2D eigenvalue weighted by atomic mass is 32.2. The summed E-state index contributed by atoms with van der Waals surface area (Å²) in [7, 11) is 0. The second-order valence-corrected chi connectivity index (χ2v) is 10.4. The molecule has 2 N–H and O–H groups in total. The minimum absolute atomic E-state index is 0.166. The number of rotatable bonds is 5. The van der Waals surface area contributed by atoms with E-state index in [1.165, 1.54) is 11.5 Å². The van der Waals surface area contributed by atoms with Gasteiger partial charge in [0.15, 0.2) is 6.10 Å². The highest BCUT2D eigenvalue weighted by molar-refractivity contribution is 7.99. The van der Waals surface area contributed by atoms with E-state index in [-0.39, 0.29) is 11.5 Å². The molecule has 3 aliphatic heterocycles. The highest BCUT2D eigenvalue weighted by Crippen LogP contribution is 2.52. The summed E-state index contributed by atoms with van der Waals surface area (Å²) in [5.41, 5.74) is 4.96. The molecule has 1 saturated heterocycles. The quantitative estimate of drug-likeness (QED) is 0.486. The van der Waals surface area contributed by atoms with E-state index < -0.39 is 6.10 Å². The summed E-state index contributed by atoms with van der Waals surface area (Å²) in [5.74, 6) is 4.80. The first-order valence-corrected chi connectivity index (χ1v) is 13.5. The van der Waals surface area contributed by atoms with Gasteiger partial charge in [0, 0.05) is 72.0 Å². The third-order valence-corrected chi connectivity index (χ3v) is 7.87. The summed E-state index contributed by atoms with van der Waals surface area (Å²) in [5, 5.41) is 20.2. The number of phenolic OH excluding ortho intramolecular Hbond substituents is 2. The topological polar surface area (TPSA) is 71.4 Å². The second kappa shape index (κ2) is 9.99. The van der Waals surface area contributed by atoms with Crippen molar-refractivity contribution in [2.75, 3.05) is 44.4 Å². The van der Waals surface area contributed by atoms with E-state index in [1.54, 1.807) is 24.3 Å². The van der Waals surface area contributed by atoms with Gasteiger partial charge in [-0.05, 0) is 42.0 Å². The van der Waals surface area contributed by atoms with E-state index in [0.29, 0.717) is 31.1 Å². The van der Waals surface area contributed by atoms with Crippen LogP contribution in [0.3, 0.4) is 0 Å². The monoisotopic (exact) mass is 503 g/mol. The van der Waals surface area contributed by atoms with Crippen LogP contribution in [0.1, 0.15) is 29.2 Å². The molecular weight excluding hydrogens is 474 g/mol. The van der Waals surface area contributed by atoms with E-state index in [2.05, 4.69) is 4.90 Å². The Morgan fingerprint density at radius 3 is 2.53 bits per heavy atom. The van der Waals surface area contributed by atoms with Crippen LogP contribution in [0.5, 0.6) is 28.7 Å². The Hall–Kier alpha value is -3.29. The Morgan fingerprint density at radius 2 is 1.69 bits per heavy atom. The van der Waals surface area contributed by atoms with Crippen LogP contribution in [-0.4, -0.2) is 59.5 Å². The molecule has 1 atom stereocenters. The van der Waals surface area contributed by atoms with Gasteiger partial charge in [0.05, 0.1) is 6.61 Å². The number of phenols is 2. The molecule has 0 aliphatic carbocycles. The minimum Gasteiger partial charge on any atom is -0.508 e. The Morgan fingerprint density at radius 1 is 0.917 bits per heavy atom. The molecular formula is C29H29NO5S. The molecule has 0 aromatic heterocycles. The minimum atomic E-state index is -0.415. The van der Waals surface area contributed by atoms with Gasteiger partial charge in [0.25, 0.3) is 0 Å². The molecule has 0 bridgehead atoms. The number of aromatic hydroxyl groups is 2. The van der Waals surface area contributed by atoms with Gasteiger partial charge in [-0.3, -0.25) is 4.90 Å². The maximum absolute atomic E-state index is 10.2. The second-order valence-electron chi connectivity index (χ2n) is 9.22. The SMILES string of the molecule is Oc1ccc2c(c1)O[C@H](c1cccc(OCCN3CCSCC3)c1)C1=C2CCOc2cc(O)ccc21. The Kier molecular flexibility index (Phi) is 6.42. The average Bonchev–Trinajstić information content (AvgIpc) is 3.08. The van der Waals surface area contributed by atoms with Crippen molar-refractivity contribution in [1.29, 1.82) is 0 Å². The van der Waals surface area contributed by atoms with Crippen molar-refractivity contribution >= 4 is 22.9 Å². The van der Waals surface area contributed by atoms with E-state index in [9.17, 15) is 10.2 Å². The molecule has 0 unspecified atom stereocenters. The van der Waals surface area contributed by atoms with Crippen molar-refractivity contribution in [2.45, 2.75) is 12.5 Å². The maximum atomic E-state index is 10.2. The van der Waals surface area contributed by atoms with E-state index in [4.69, 9.17) is 14.2 Å². The number of fused-ring (bicyclic) bond motifs is 4. The van der Waals surface area contributed by atoms with E-state index in [1.807, 2.05) is 48.2 Å². The van der Waals surface area contributed by atoms with Crippen molar-refractivity contribution < 1.29 is 24.4 Å². The lowest BCUT2D eigenvalue weighted by Crippen LogP contribution is -2.35. The Bertz CT molecular complexity index is 1300. The molecule has 3 aromatic rings. The zero-order valence-corrected chi connectivity index (χ0v) is 20.8. The van der Waals surface area contributed by atoms with Crippen LogP contribution in [0.15, 0.2) is 60.7 Å². The molecule has 36 heavy (non-hydrogen) atoms. The predicted octanol–water partition coefficient (Wildman–Crippen LogP) is 5.35. The zero-order valence-electron chi connectivity index (χ0n) is 20.0. The number of benzene rings is 3. The fraction of sp³-hybridized carbons (Fsp3) is 0.310. The maximum Gasteiger partial charge on any atom is 0.150 e. The molecule has 3 aliphatic rings. The van der Waals surface area contributed by atoms with Gasteiger partial charge in [0.1, 0.15) is 35.4 Å². The average molecular weight is 504 g/mol. The van der Waals surface area contributed by atoms with Crippen molar-refractivity contribution in [2.24, 2.45) is 0 Å². The lowest BCUT2D eigenvalue weighted by Gasteiger charge is -2.31. The van der Waals surface area contributed by atoms with Crippen molar-refractivity contribution in [1.82, 2.24) is 4.90 Å². The first-order valence-electron chi connectivity index (χ1n) is 12.4. The predicted molar refractivity (Wildman–Crippen MR) is 142 cm³/mol. The summed E-state index contributed by atoms with van der Waals surface area (Å²) >= 11 is 2.01. The number of ether oxygens (including phenoxy) is 3. The molecule has 3 heterocycles. The lowest BCUT2D eigenvalue weighted by atomic mass is 9.84. The molecule has 186 valence electrons. The first-order chi connectivity index (χ1) is 17.7. The van der Waals surface area contributed by atoms with Gasteiger partial charge in [-0.15, -0.1) is 0 Å². The smallest absolute Gasteiger partial charge is 0.150 e. The molecule has 6 nitrogen and oxygen atoms in total. The number of hydrogen-bond donors (Lipinski definition) is 2. The number of nitrogens with zero attached hydrogens (tertiary/aromatic N) is 1. The van der Waals surface area contributed by atoms with Gasteiger partial charge in [-0.1, -0.05) is 12.1 Å². The van der Waals surface area contributed by atoms with Gasteiger partial charge in [-0.25, -0.2) is 0 Å². The summed E-state index contributed by atoms with van der Waals surface area (Å²) in [6.45, 7) is 4.27. The summed E-state index contributed by atoms with van der Waals surface area (Å²) in [4.78, 5) is 2.45. The van der Waals surface area contributed by atoms with Crippen molar-refractivity contribution in [3.63, 3.8) is 0 Å². The molecule has 0 spiro atoms. The number of hydrogen-bond acceptors (Lipinski definition) is 7. The zero-order chi connectivity index (χ0) is 24.5. The van der Waals surface area contributed by atoms with Crippen LogP contribution in [0.4, 0.5) is 0 Å². The van der Waals surface area contributed by atoms with Crippen molar-refractivity contribution in [3.8, 4) is 28.7 Å². The van der Waals surface area contributed by atoms with Gasteiger partial charge >= 0.3 is 0 Å². The molecule has 7 heteroatoms. The number of thioether (sulfide) groups is 1. The summed E-state index contributed by atoms with van der Waals surface area (Å²) in [6, 6.07) is 18.6. The summed E-state index contributed by atoms with van der Waals surface area (Å²) < 4.78 is 18.8. The molecule has 3 aromatic carbocycles. The van der Waals surface area contributed by atoms with Crippen LogP contribution in [-0.2, 0) is 0 Å². The van der Waals surface area contributed by atoms with Crippen molar-refractivity contribution in [3.05, 3.63) is 77.4 Å². The van der Waals surface area contributed by atoms with Crippen LogP contribution < -0.4 is 14.2 Å². The van der Waals surface area contributed by atoms with Crippen LogP contribution >= 0.6 is 11.8 Å². The van der Waals surface area contributed by atoms with E-state index >= 15 is 0 Å². The lowest BCUT2D eigenvalue weighted by molar-refractivity contribution is 0.221. The third-order valence-electron chi connectivity index (χ3n) is 6.93. The van der Waals surface area contributed by atoms with Gasteiger partial charge in [0.2, 0.25) is 0 Å². The standard InChI is InChI=1S/C29H29NO5S/c31-20-5-7-25-26(17-20)34-12-8-24-23-6-4-21(32)18-27(23)35-29(28(24)25)19-2-1-3-22(16-19)33-13-9-30-10-14-36-15-11-30/h1-7,16-18,29,31-32H,8-15H2/t29-/m1/s1. The Labute approximate surface area is 215 Å². The van der Waals surface area contributed by atoms with Crippen LogP contribution in [0.2, 0.25) is 0 Å². The van der Waals surface area contributed by atoms with Crippen LogP contribution in [0, 0.1) is 0 Å². The molecule has 0 saturated carbocycles. The molecule has 0 amide bonds. The third kappa shape index (κ3) is 4.61. The summed E-state index contributed by atoms with van der Waals surface area (Å²) in [6.07, 6.45) is 0.272. The normalized spacial score (nSPS) is 19.3. The Balaban J connectivity index is 1.35. The van der Waals surface area contributed by atoms with E-state index in [0.717, 1.165) is 53.2 Å². The molecule has 1 fully saturated rings. The van der Waals surface area contributed by atoms with Gasteiger partial charge in [-0.2, -0.15) is 11.8 Å². The van der Waals surface area contributed by atoms with Gasteiger partial charge < -0.3 is 24.4 Å². The van der Waals surface area contributed by atoms with Crippen LogP contribution in [0.25, 0.3) is 11.1 Å². The molecule has 6 rings (SSSR count). The first kappa shape index (κ1) is 23.1.